The van der Waals surface area contributed by atoms with Gasteiger partial charge in [-0.15, -0.1) is 0 Å². The van der Waals surface area contributed by atoms with E-state index < -0.39 is 6.04 Å². The van der Waals surface area contributed by atoms with E-state index in [9.17, 15) is 14.4 Å². The largest absolute Gasteiger partial charge is 0.352 e. The van der Waals surface area contributed by atoms with Gasteiger partial charge in [0.05, 0.1) is 0 Å². The molecule has 2 heterocycles. The Bertz CT molecular complexity index is 389. The fourth-order valence-corrected chi connectivity index (χ4v) is 2.95. The molecule has 3 fully saturated rings. The molecule has 1 atom stereocenters. The fourth-order valence-electron chi connectivity index (χ4n) is 2.95. The number of rotatable bonds is 1. The van der Waals surface area contributed by atoms with Crippen LogP contribution in [0.5, 0.6) is 0 Å². The predicted molar refractivity (Wildman–Crippen MR) is 58.0 cm³/mol. The van der Waals surface area contributed by atoms with Gasteiger partial charge in [-0.25, -0.2) is 4.79 Å². The number of hydrogen-bond donors (Lipinski definition) is 1. The van der Waals surface area contributed by atoms with Crippen LogP contribution < -0.4 is 5.32 Å². The van der Waals surface area contributed by atoms with E-state index in [-0.39, 0.29) is 37.0 Å². The molecule has 1 N–H and O–H groups in total. The minimum atomic E-state index is -0.471. The van der Waals surface area contributed by atoms with E-state index in [0.29, 0.717) is 0 Å². The van der Waals surface area contributed by atoms with Crippen LogP contribution in [0.15, 0.2) is 0 Å². The van der Waals surface area contributed by atoms with Crippen molar-refractivity contribution in [2.24, 2.45) is 0 Å². The molecule has 3 aliphatic rings. The summed E-state index contributed by atoms with van der Waals surface area (Å²) in [6.07, 6.45) is 3.95. The minimum Gasteiger partial charge on any atom is -0.352 e. The lowest BCUT2D eigenvalue weighted by atomic mass is 10.2. The van der Waals surface area contributed by atoms with Gasteiger partial charge >= 0.3 is 6.03 Å². The molecule has 4 amide bonds. The highest BCUT2D eigenvalue weighted by molar-refractivity contribution is 6.07. The third kappa shape index (κ3) is 1.50. The molecular weight excluding hydrogens is 222 g/mol. The molecule has 0 aromatic rings. The molecule has 3 rings (SSSR count). The van der Waals surface area contributed by atoms with E-state index >= 15 is 0 Å². The van der Waals surface area contributed by atoms with E-state index in [1.54, 1.807) is 0 Å². The van der Waals surface area contributed by atoms with Crippen molar-refractivity contribution >= 4 is 17.8 Å². The zero-order valence-corrected chi connectivity index (χ0v) is 9.52. The molecule has 2 aliphatic heterocycles. The molecule has 6 heteroatoms. The Morgan fingerprint density at radius 2 is 1.82 bits per heavy atom. The Balaban J connectivity index is 1.84. The second kappa shape index (κ2) is 3.72. The van der Waals surface area contributed by atoms with Crippen molar-refractivity contribution in [3.05, 3.63) is 0 Å². The molecule has 92 valence electrons. The molecule has 0 radical (unpaired) electrons. The van der Waals surface area contributed by atoms with Crippen LogP contribution in [-0.2, 0) is 9.59 Å². The fraction of sp³-hybridized carbons (Fsp3) is 0.727. The minimum absolute atomic E-state index is 0.0124. The number of nitrogens with one attached hydrogen (secondary N) is 1. The molecule has 1 aliphatic carbocycles. The van der Waals surface area contributed by atoms with Gasteiger partial charge in [0.2, 0.25) is 5.91 Å². The Morgan fingerprint density at radius 1 is 1.12 bits per heavy atom. The Labute approximate surface area is 98.9 Å². The summed E-state index contributed by atoms with van der Waals surface area (Å²) in [6, 6.07) is -0.696. The average molecular weight is 237 g/mol. The van der Waals surface area contributed by atoms with Crippen molar-refractivity contribution in [3.63, 3.8) is 0 Å². The van der Waals surface area contributed by atoms with Crippen LogP contribution in [0.3, 0.4) is 0 Å². The van der Waals surface area contributed by atoms with Crippen molar-refractivity contribution in [2.45, 2.75) is 37.8 Å². The smallest absolute Gasteiger partial charge is 0.328 e. The molecule has 0 spiro atoms. The lowest BCUT2D eigenvalue weighted by Crippen LogP contribution is -2.54. The van der Waals surface area contributed by atoms with Crippen molar-refractivity contribution in [2.75, 3.05) is 13.1 Å². The van der Waals surface area contributed by atoms with Crippen molar-refractivity contribution in [3.8, 4) is 0 Å². The first kappa shape index (κ1) is 10.6. The zero-order valence-electron chi connectivity index (χ0n) is 9.52. The van der Waals surface area contributed by atoms with Gasteiger partial charge in [0, 0.05) is 12.6 Å². The average Bonchev–Trinajstić information content (AvgIpc) is 2.88. The summed E-state index contributed by atoms with van der Waals surface area (Å²) in [5.41, 5.74) is 0. The number of fused-ring (bicyclic) bond motifs is 1. The van der Waals surface area contributed by atoms with Gasteiger partial charge in [0.25, 0.3) is 5.91 Å². The number of nitrogens with zero attached hydrogens (tertiary/aromatic N) is 2. The summed E-state index contributed by atoms with van der Waals surface area (Å²) in [6.45, 7) is 0.269. The highest BCUT2D eigenvalue weighted by Crippen LogP contribution is 2.29. The second-order valence-corrected chi connectivity index (χ2v) is 4.88. The van der Waals surface area contributed by atoms with Gasteiger partial charge in [0.15, 0.2) is 0 Å². The van der Waals surface area contributed by atoms with Crippen molar-refractivity contribution in [1.29, 1.82) is 0 Å². The maximum absolute atomic E-state index is 12.2. The third-order valence-electron chi connectivity index (χ3n) is 3.85. The Hall–Kier alpha value is -1.59. The van der Waals surface area contributed by atoms with Gasteiger partial charge < -0.3 is 10.2 Å². The normalized spacial score (nSPS) is 29.9. The van der Waals surface area contributed by atoms with Crippen LogP contribution in [0.25, 0.3) is 0 Å². The van der Waals surface area contributed by atoms with Crippen molar-refractivity contribution in [1.82, 2.24) is 15.1 Å². The van der Waals surface area contributed by atoms with Gasteiger partial charge in [-0.05, 0) is 12.8 Å². The van der Waals surface area contributed by atoms with Crippen LogP contribution in [0, 0.1) is 0 Å². The van der Waals surface area contributed by atoms with Crippen LogP contribution in [0.1, 0.15) is 25.7 Å². The molecule has 17 heavy (non-hydrogen) atoms. The molecular formula is C11H15N3O3. The Morgan fingerprint density at radius 3 is 2.53 bits per heavy atom. The summed E-state index contributed by atoms with van der Waals surface area (Å²) in [5.74, 6) is -0.322. The van der Waals surface area contributed by atoms with Gasteiger partial charge in [-0.1, -0.05) is 12.8 Å². The highest BCUT2D eigenvalue weighted by Gasteiger charge is 2.50. The van der Waals surface area contributed by atoms with Crippen LogP contribution in [0.2, 0.25) is 0 Å². The topological polar surface area (TPSA) is 69.7 Å². The highest BCUT2D eigenvalue weighted by atomic mass is 16.2. The summed E-state index contributed by atoms with van der Waals surface area (Å²) in [7, 11) is 0. The van der Waals surface area contributed by atoms with Gasteiger partial charge in [-0.3, -0.25) is 14.5 Å². The lowest BCUT2D eigenvalue weighted by Gasteiger charge is -2.26. The first-order valence-electron chi connectivity index (χ1n) is 6.09. The monoisotopic (exact) mass is 237 g/mol. The van der Waals surface area contributed by atoms with E-state index in [0.717, 1.165) is 25.7 Å². The number of carbonyl (C=O) groups is 3. The third-order valence-corrected chi connectivity index (χ3v) is 3.85. The number of piperazine rings is 1. The number of imide groups is 1. The van der Waals surface area contributed by atoms with Crippen LogP contribution in [-0.4, -0.2) is 52.8 Å². The standard InChI is InChI=1S/C11H15N3O3/c15-9-6-13-8(5-12-9)10(16)14(11(13)17)7-3-1-2-4-7/h7-8H,1-6H2,(H,12,15). The molecule has 1 saturated carbocycles. The second-order valence-electron chi connectivity index (χ2n) is 4.88. The first-order valence-corrected chi connectivity index (χ1v) is 6.09. The van der Waals surface area contributed by atoms with Crippen LogP contribution in [0.4, 0.5) is 4.79 Å². The van der Waals surface area contributed by atoms with E-state index in [4.69, 9.17) is 0 Å². The summed E-state index contributed by atoms with van der Waals surface area (Å²) < 4.78 is 0. The zero-order chi connectivity index (χ0) is 12.0. The lowest BCUT2D eigenvalue weighted by molar-refractivity contribution is -0.131. The molecule has 6 nitrogen and oxygen atoms in total. The predicted octanol–water partition coefficient (Wildman–Crippen LogP) is -0.308. The van der Waals surface area contributed by atoms with Gasteiger partial charge in [-0.2, -0.15) is 0 Å². The number of urea groups is 1. The number of hydrogen-bond acceptors (Lipinski definition) is 3. The molecule has 0 aromatic carbocycles. The summed E-state index contributed by atoms with van der Waals surface area (Å²) in [4.78, 5) is 38.3. The molecule has 0 bridgehead atoms. The quantitative estimate of drug-likeness (QED) is 0.636. The first-order chi connectivity index (χ1) is 8.18. The van der Waals surface area contributed by atoms with Crippen LogP contribution >= 0.6 is 0 Å². The maximum Gasteiger partial charge on any atom is 0.328 e. The summed E-state index contributed by atoms with van der Waals surface area (Å²) >= 11 is 0. The molecule has 2 saturated heterocycles. The Kier molecular flexibility index (Phi) is 2.31. The summed E-state index contributed by atoms with van der Waals surface area (Å²) in [5, 5.41) is 2.64. The van der Waals surface area contributed by atoms with E-state index in [2.05, 4.69) is 5.32 Å². The van der Waals surface area contributed by atoms with E-state index in [1.165, 1.54) is 9.80 Å². The maximum atomic E-state index is 12.2. The number of amides is 4. The van der Waals surface area contributed by atoms with E-state index in [1.807, 2.05) is 0 Å². The SMILES string of the molecule is O=C1CN2C(=O)N(C3CCCC3)C(=O)C2CN1. The molecule has 0 aromatic heterocycles. The van der Waals surface area contributed by atoms with Gasteiger partial charge in [0.1, 0.15) is 12.6 Å². The molecule has 1 unspecified atom stereocenters. The van der Waals surface area contributed by atoms with Crippen molar-refractivity contribution < 1.29 is 14.4 Å². The number of carbonyl (C=O) groups excluding carboxylic acids is 3.